The monoisotopic (exact) mass is 419 g/mol. The Hall–Kier alpha value is -1.03. The summed E-state index contributed by atoms with van der Waals surface area (Å²) in [4.78, 5) is 3.99. The Morgan fingerprint density at radius 1 is 0.476 bits per heavy atom. The van der Waals surface area contributed by atoms with Crippen molar-refractivity contribution >= 4 is 42.8 Å². The molecule has 0 aliphatic heterocycles. The van der Waals surface area contributed by atoms with Gasteiger partial charge in [-0.1, -0.05) is 50.1 Å². The fourth-order valence-electron chi connectivity index (χ4n) is 2.11. The lowest BCUT2D eigenvalue weighted by Crippen LogP contribution is -2.04. The first-order chi connectivity index (χ1) is 10.2. The fraction of sp³-hybridized carbons (Fsp3) is 0. The van der Waals surface area contributed by atoms with E-state index in [0.717, 1.165) is 8.95 Å². The molecular formula is C18H13Br2S+. The largest absolute Gasteiger partial charge is 0.166 e. The van der Waals surface area contributed by atoms with Gasteiger partial charge in [0, 0.05) is 8.95 Å². The van der Waals surface area contributed by atoms with Gasteiger partial charge in [-0.25, -0.2) is 0 Å². The van der Waals surface area contributed by atoms with Gasteiger partial charge < -0.3 is 0 Å². The van der Waals surface area contributed by atoms with Crippen molar-refractivity contribution in [2.24, 2.45) is 0 Å². The summed E-state index contributed by atoms with van der Waals surface area (Å²) < 4.78 is 2.22. The van der Waals surface area contributed by atoms with Crippen LogP contribution in [0.3, 0.4) is 0 Å². The fourth-order valence-corrected chi connectivity index (χ4v) is 4.70. The summed E-state index contributed by atoms with van der Waals surface area (Å²) in [5, 5.41) is 0. The Labute approximate surface area is 144 Å². The van der Waals surface area contributed by atoms with Crippen molar-refractivity contribution in [2.75, 3.05) is 0 Å². The van der Waals surface area contributed by atoms with Gasteiger partial charge in [0.25, 0.3) is 0 Å². The highest BCUT2D eigenvalue weighted by Gasteiger charge is 2.28. The molecule has 0 aromatic heterocycles. The molecule has 0 saturated heterocycles. The van der Waals surface area contributed by atoms with Crippen molar-refractivity contribution in [3.8, 4) is 0 Å². The van der Waals surface area contributed by atoms with E-state index in [1.54, 1.807) is 0 Å². The average molecular weight is 421 g/mol. The van der Waals surface area contributed by atoms with E-state index in [1.165, 1.54) is 14.7 Å². The highest BCUT2D eigenvalue weighted by atomic mass is 79.9. The lowest BCUT2D eigenvalue weighted by atomic mass is 10.4. The predicted octanol–water partition coefficient (Wildman–Crippen LogP) is 6.31. The Bertz CT molecular complexity index is 661. The molecule has 3 aromatic carbocycles. The molecule has 0 atom stereocenters. The van der Waals surface area contributed by atoms with E-state index >= 15 is 0 Å². The predicted molar refractivity (Wildman–Crippen MR) is 96.9 cm³/mol. The topological polar surface area (TPSA) is 0 Å². The first-order valence-electron chi connectivity index (χ1n) is 6.54. The minimum atomic E-state index is -0.0728. The second-order valence-electron chi connectivity index (χ2n) is 4.53. The van der Waals surface area contributed by atoms with Crippen LogP contribution in [-0.2, 0) is 10.9 Å². The van der Waals surface area contributed by atoms with Crippen LogP contribution in [0.25, 0.3) is 0 Å². The molecule has 0 heterocycles. The zero-order valence-corrected chi connectivity index (χ0v) is 15.2. The summed E-state index contributed by atoms with van der Waals surface area (Å²) in [5.41, 5.74) is 0. The molecule has 0 saturated carbocycles. The minimum absolute atomic E-state index is 0.0728. The van der Waals surface area contributed by atoms with Crippen molar-refractivity contribution in [1.82, 2.24) is 0 Å². The van der Waals surface area contributed by atoms with E-state index in [0.29, 0.717) is 0 Å². The SMILES string of the molecule is Brc1ccc([S+](c2ccccc2)c2ccc(Br)cc2)cc1. The zero-order valence-electron chi connectivity index (χ0n) is 11.2. The number of benzene rings is 3. The quantitative estimate of drug-likeness (QED) is 0.435. The maximum Gasteiger partial charge on any atom is 0.166 e. The van der Waals surface area contributed by atoms with Gasteiger partial charge >= 0.3 is 0 Å². The summed E-state index contributed by atoms with van der Waals surface area (Å²) in [5.74, 6) is 0. The minimum Gasteiger partial charge on any atom is -0.0619 e. The maximum atomic E-state index is 3.51. The zero-order chi connectivity index (χ0) is 14.7. The molecular weight excluding hydrogens is 408 g/mol. The molecule has 0 bridgehead atoms. The van der Waals surface area contributed by atoms with Gasteiger partial charge in [-0.2, -0.15) is 0 Å². The van der Waals surface area contributed by atoms with Gasteiger partial charge in [0.1, 0.15) is 0 Å². The van der Waals surface area contributed by atoms with Crippen LogP contribution in [0, 0.1) is 0 Å². The summed E-state index contributed by atoms with van der Waals surface area (Å²) in [7, 11) is -0.0728. The molecule has 0 nitrogen and oxygen atoms in total. The summed E-state index contributed by atoms with van der Waals surface area (Å²) in [6.07, 6.45) is 0. The maximum absolute atomic E-state index is 3.51. The third-order valence-electron chi connectivity index (χ3n) is 3.08. The van der Waals surface area contributed by atoms with Gasteiger partial charge in [0.2, 0.25) is 0 Å². The van der Waals surface area contributed by atoms with Crippen LogP contribution in [0.5, 0.6) is 0 Å². The van der Waals surface area contributed by atoms with E-state index in [9.17, 15) is 0 Å². The van der Waals surface area contributed by atoms with Crippen molar-refractivity contribution in [1.29, 1.82) is 0 Å². The molecule has 0 radical (unpaired) electrons. The molecule has 0 fully saturated rings. The van der Waals surface area contributed by atoms with Gasteiger partial charge in [0.15, 0.2) is 14.7 Å². The number of hydrogen-bond acceptors (Lipinski definition) is 0. The van der Waals surface area contributed by atoms with Crippen LogP contribution in [-0.4, -0.2) is 0 Å². The second kappa shape index (κ2) is 6.82. The van der Waals surface area contributed by atoms with E-state index in [4.69, 9.17) is 0 Å². The molecule has 104 valence electrons. The van der Waals surface area contributed by atoms with Crippen LogP contribution in [0.15, 0.2) is 102 Å². The first-order valence-corrected chi connectivity index (χ1v) is 9.35. The molecule has 3 aromatic rings. The molecule has 3 heteroatoms. The highest BCUT2D eigenvalue weighted by Crippen LogP contribution is 2.32. The van der Waals surface area contributed by atoms with Crippen molar-refractivity contribution < 1.29 is 0 Å². The summed E-state index contributed by atoms with van der Waals surface area (Å²) in [6, 6.07) is 27.9. The van der Waals surface area contributed by atoms with Crippen LogP contribution >= 0.6 is 31.9 Å². The molecule has 0 amide bonds. The van der Waals surface area contributed by atoms with Crippen molar-refractivity contribution in [2.45, 2.75) is 14.7 Å². The second-order valence-corrected chi connectivity index (χ2v) is 8.39. The lowest BCUT2D eigenvalue weighted by Gasteiger charge is -2.08. The smallest absolute Gasteiger partial charge is 0.0619 e. The molecule has 0 aliphatic carbocycles. The van der Waals surface area contributed by atoms with E-state index in [1.807, 2.05) is 0 Å². The molecule has 0 aliphatic rings. The molecule has 3 rings (SSSR count). The molecule has 21 heavy (non-hydrogen) atoms. The third-order valence-corrected chi connectivity index (χ3v) is 6.37. The first kappa shape index (κ1) is 14.9. The molecule has 0 N–H and O–H groups in total. The summed E-state index contributed by atoms with van der Waals surface area (Å²) >= 11 is 7.03. The van der Waals surface area contributed by atoms with E-state index in [2.05, 4.69) is 111 Å². The van der Waals surface area contributed by atoms with E-state index < -0.39 is 0 Å². The van der Waals surface area contributed by atoms with Crippen LogP contribution in [0.2, 0.25) is 0 Å². The Kier molecular flexibility index (Phi) is 4.84. The molecule has 0 spiro atoms. The van der Waals surface area contributed by atoms with Crippen molar-refractivity contribution in [3.63, 3.8) is 0 Å². The molecule has 0 unspecified atom stereocenters. The van der Waals surface area contributed by atoms with E-state index in [-0.39, 0.29) is 10.9 Å². The van der Waals surface area contributed by atoms with Crippen LogP contribution in [0.4, 0.5) is 0 Å². The summed E-state index contributed by atoms with van der Waals surface area (Å²) in [6.45, 7) is 0. The van der Waals surface area contributed by atoms with Gasteiger partial charge in [0.05, 0.1) is 10.9 Å². The van der Waals surface area contributed by atoms with Gasteiger partial charge in [-0.3, -0.25) is 0 Å². The number of halogens is 2. The normalized spacial score (nSPS) is 10.8. The Morgan fingerprint density at radius 2 is 0.857 bits per heavy atom. The highest BCUT2D eigenvalue weighted by molar-refractivity contribution is 9.10. The standard InChI is InChI=1S/C18H13Br2S/c19-14-6-10-17(11-7-14)21(16-4-2-1-3-5-16)18-12-8-15(20)9-13-18/h1-13H/q+1. The average Bonchev–Trinajstić information content (AvgIpc) is 2.52. The Balaban J connectivity index is 2.11. The van der Waals surface area contributed by atoms with Crippen molar-refractivity contribution in [3.05, 3.63) is 87.8 Å². The number of hydrogen-bond donors (Lipinski definition) is 0. The Morgan fingerprint density at radius 3 is 1.29 bits per heavy atom. The van der Waals surface area contributed by atoms with Crippen LogP contribution in [0.1, 0.15) is 0 Å². The third kappa shape index (κ3) is 3.60. The van der Waals surface area contributed by atoms with Crippen LogP contribution < -0.4 is 0 Å². The lowest BCUT2D eigenvalue weighted by molar-refractivity contribution is 1.31. The van der Waals surface area contributed by atoms with Gasteiger partial charge in [-0.15, -0.1) is 0 Å². The van der Waals surface area contributed by atoms with Gasteiger partial charge in [-0.05, 0) is 60.7 Å². The number of rotatable bonds is 3.